The standard InChI is InChI=1S/C16H11Cl2NO/c1-9-2-4-10(5-3-9)16(20)12-8-19-14-7-11(17)6-13(18)15(12)14/h2-8,19H,1H3. The highest BCUT2D eigenvalue weighted by molar-refractivity contribution is 6.40. The van der Waals surface area contributed by atoms with Crippen LogP contribution in [0, 0.1) is 6.92 Å². The van der Waals surface area contributed by atoms with E-state index in [-0.39, 0.29) is 5.78 Å². The molecule has 2 aromatic carbocycles. The SMILES string of the molecule is Cc1ccc(C(=O)c2c[nH]c3cc(Cl)cc(Cl)c23)cc1. The van der Waals surface area contributed by atoms with Crippen molar-refractivity contribution in [1.82, 2.24) is 4.98 Å². The Balaban J connectivity index is 2.15. The van der Waals surface area contributed by atoms with Crippen molar-refractivity contribution in [2.24, 2.45) is 0 Å². The predicted octanol–water partition coefficient (Wildman–Crippen LogP) is 5.01. The zero-order chi connectivity index (χ0) is 14.3. The Morgan fingerprint density at radius 3 is 2.50 bits per heavy atom. The molecule has 2 nitrogen and oxygen atoms in total. The van der Waals surface area contributed by atoms with Crippen molar-refractivity contribution in [2.45, 2.75) is 6.92 Å². The van der Waals surface area contributed by atoms with Crippen LogP contribution in [0.3, 0.4) is 0 Å². The number of halogens is 2. The number of hydrogen-bond donors (Lipinski definition) is 1. The number of rotatable bonds is 2. The van der Waals surface area contributed by atoms with Gasteiger partial charge in [-0.25, -0.2) is 0 Å². The fraction of sp³-hybridized carbons (Fsp3) is 0.0625. The van der Waals surface area contributed by atoms with Gasteiger partial charge in [0, 0.05) is 33.2 Å². The zero-order valence-corrected chi connectivity index (χ0v) is 12.2. The van der Waals surface area contributed by atoms with Gasteiger partial charge in [0.25, 0.3) is 0 Å². The average molecular weight is 304 g/mol. The van der Waals surface area contributed by atoms with Crippen LogP contribution in [-0.4, -0.2) is 10.8 Å². The van der Waals surface area contributed by atoms with Gasteiger partial charge in [-0.15, -0.1) is 0 Å². The van der Waals surface area contributed by atoms with Crippen LogP contribution < -0.4 is 0 Å². The molecule has 0 bridgehead atoms. The van der Waals surface area contributed by atoms with Gasteiger partial charge in [0.05, 0.1) is 5.02 Å². The van der Waals surface area contributed by atoms with Gasteiger partial charge in [-0.2, -0.15) is 0 Å². The average Bonchev–Trinajstić information content (AvgIpc) is 2.82. The minimum atomic E-state index is -0.0551. The number of carbonyl (C=O) groups excluding carboxylic acids is 1. The van der Waals surface area contributed by atoms with E-state index in [9.17, 15) is 4.79 Å². The van der Waals surface area contributed by atoms with Gasteiger partial charge in [-0.1, -0.05) is 53.0 Å². The molecule has 3 rings (SSSR count). The number of nitrogens with one attached hydrogen (secondary N) is 1. The third-order valence-electron chi connectivity index (χ3n) is 3.25. The molecular formula is C16H11Cl2NO. The van der Waals surface area contributed by atoms with Crippen molar-refractivity contribution >= 4 is 39.9 Å². The number of benzene rings is 2. The second-order valence-electron chi connectivity index (χ2n) is 4.71. The minimum absolute atomic E-state index is 0.0551. The van der Waals surface area contributed by atoms with E-state index in [1.54, 1.807) is 18.3 Å². The second kappa shape index (κ2) is 4.97. The summed E-state index contributed by atoms with van der Waals surface area (Å²) in [6.07, 6.45) is 1.68. The molecule has 0 aliphatic rings. The van der Waals surface area contributed by atoms with Crippen LogP contribution in [0.4, 0.5) is 0 Å². The molecule has 0 unspecified atom stereocenters. The molecule has 1 heterocycles. The van der Waals surface area contributed by atoms with Gasteiger partial charge < -0.3 is 4.98 Å². The minimum Gasteiger partial charge on any atom is -0.360 e. The molecule has 100 valence electrons. The molecule has 0 aliphatic heterocycles. The van der Waals surface area contributed by atoms with Crippen molar-refractivity contribution in [1.29, 1.82) is 0 Å². The van der Waals surface area contributed by atoms with Crippen LogP contribution >= 0.6 is 23.2 Å². The molecule has 0 radical (unpaired) electrons. The Hall–Kier alpha value is -1.77. The Morgan fingerprint density at radius 1 is 1.10 bits per heavy atom. The first-order valence-corrected chi connectivity index (χ1v) is 6.89. The monoisotopic (exact) mass is 303 g/mol. The summed E-state index contributed by atoms with van der Waals surface area (Å²) in [5.41, 5.74) is 3.08. The summed E-state index contributed by atoms with van der Waals surface area (Å²) in [6.45, 7) is 1.98. The summed E-state index contributed by atoms with van der Waals surface area (Å²) in [4.78, 5) is 15.6. The number of carbonyl (C=O) groups is 1. The lowest BCUT2D eigenvalue weighted by Crippen LogP contribution is -2.00. The van der Waals surface area contributed by atoms with Gasteiger partial charge in [0.2, 0.25) is 0 Å². The fourth-order valence-electron chi connectivity index (χ4n) is 2.22. The molecule has 0 atom stereocenters. The van der Waals surface area contributed by atoms with E-state index < -0.39 is 0 Å². The van der Waals surface area contributed by atoms with Crippen LogP contribution in [0.25, 0.3) is 10.9 Å². The molecule has 0 saturated heterocycles. The summed E-state index contributed by atoms with van der Waals surface area (Å²) >= 11 is 12.2. The lowest BCUT2D eigenvalue weighted by Gasteiger charge is -2.02. The Morgan fingerprint density at radius 2 is 1.80 bits per heavy atom. The zero-order valence-electron chi connectivity index (χ0n) is 10.7. The Bertz CT molecular complexity index is 803. The Kier molecular flexibility index (Phi) is 3.28. The van der Waals surface area contributed by atoms with Crippen molar-refractivity contribution in [3.63, 3.8) is 0 Å². The van der Waals surface area contributed by atoms with Crippen LogP contribution in [0.2, 0.25) is 10.0 Å². The molecule has 1 N–H and O–H groups in total. The first kappa shape index (κ1) is 13.2. The normalized spacial score (nSPS) is 10.9. The van der Waals surface area contributed by atoms with Gasteiger partial charge in [-0.05, 0) is 19.1 Å². The highest BCUT2D eigenvalue weighted by Crippen LogP contribution is 2.31. The van der Waals surface area contributed by atoms with Gasteiger partial charge in [-0.3, -0.25) is 4.79 Å². The van der Waals surface area contributed by atoms with Crippen molar-refractivity contribution in [3.8, 4) is 0 Å². The number of fused-ring (bicyclic) bond motifs is 1. The molecule has 0 aliphatic carbocycles. The summed E-state index contributed by atoms with van der Waals surface area (Å²) < 4.78 is 0. The third kappa shape index (κ3) is 2.21. The number of aromatic nitrogens is 1. The summed E-state index contributed by atoms with van der Waals surface area (Å²) in [5.74, 6) is -0.0551. The third-order valence-corrected chi connectivity index (χ3v) is 3.77. The predicted molar refractivity (Wildman–Crippen MR) is 82.9 cm³/mol. The maximum atomic E-state index is 12.6. The van der Waals surface area contributed by atoms with E-state index in [4.69, 9.17) is 23.2 Å². The fourth-order valence-corrected chi connectivity index (χ4v) is 2.82. The molecule has 0 amide bonds. The number of H-pyrrole nitrogens is 1. The molecule has 20 heavy (non-hydrogen) atoms. The van der Waals surface area contributed by atoms with E-state index in [0.29, 0.717) is 26.6 Å². The molecule has 4 heteroatoms. The maximum Gasteiger partial charge on any atom is 0.195 e. The van der Waals surface area contributed by atoms with Gasteiger partial charge >= 0.3 is 0 Å². The quantitative estimate of drug-likeness (QED) is 0.663. The van der Waals surface area contributed by atoms with E-state index >= 15 is 0 Å². The van der Waals surface area contributed by atoms with Crippen LogP contribution in [-0.2, 0) is 0 Å². The molecular weight excluding hydrogens is 293 g/mol. The highest BCUT2D eigenvalue weighted by Gasteiger charge is 2.16. The number of ketones is 1. The van der Waals surface area contributed by atoms with Gasteiger partial charge in [0.15, 0.2) is 5.78 Å². The van der Waals surface area contributed by atoms with E-state index in [2.05, 4.69) is 4.98 Å². The van der Waals surface area contributed by atoms with E-state index in [1.807, 2.05) is 31.2 Å². The van der Waals surface area contributed by atoms with Crippen LogP contribution in [0.15, 0.2) is 42.6 Å². The second-order valence-corrected chi connectivity index (χ2v) is 5.55. The molecule has 3 aromatic rings. The van der Waals surface area contributed by atoms with E-state index in [1.165, 1.54) is 0 Å². The lowest BCUT2D eigenvalue weighted by atomic mass is 10.0. The molecule has 0 spiro atoms. The topological polar surface area (TPSA) is 32.9 Å². The van der Waals surface area contributed by atoms with Crippen molar-refractivity contribution in [3.05, 3.63) is 69.3 Å². The Labute approximate surface area is 126 Å². The number of hydrogen-bond acceptors (Lipinski definition) is 1. The molecule has 0 saturated carbocycles. The first-order valence-electron chi connectivity index (χ1n) is 6.14. The smallest absolute Gasteiger partial charge is 0.195 e. The summed E-state index contributed by atoms with van der Waals surface area (Å²) in [6, 6.07) is 10.9. The lowest BCUT2D eigenvalue weighted by molar-refractivity contribution is 0.104. The highest BCUT2D eigenvalue weighted by atomic mass is 35.5. The van der Waals surface area contributed by atoms with Gasteiger partial charge in [0.1, 0.15) is 0 Å². The number of aryl methyl sites for hydroxylation is 1. The van der Waals surface area contributed by atoms with Crippen molar-refractivity contribution < 1.29 is 4.79 Å². The summed E-state index contributed by atoms with van der Waals surface area (Å²) in [7, 11) is 0. The van der Waals surface area contributed by atoms with E-state index in [0.717, 1.165) is 11.1 Å². The maximum absolute atomic E-state index is 12.6. The largest absolute Gasteiger partial charge is 0.360 e. The van der Waals surface area contributed by atoms with Crippen molar-refractivity contribution in [2.75, 3.05) is 0 Å². The summed E-state index contributed by atoms with van der Waals surface area (Å²) in [5, 5.41) is 1.73. The van der Waals surface area contributed by atoms with Crippen LogP contribution in [0.1, 0.15) is 21.5 Å². The number of aromatic amines is 1. The first-order chi connectivity index (χ1) is 9.56. The molecule has 0 fully saturated rings. The van der Waals surface area contributed by atoms with Crippen LogP contribution in [0.5, 0.6) is 0 Å². The molecule has 1 aromatic heterocycles.